The zero-order valence-corrected chi connectivity index (χ0v) is 25.0. The van der Waals surface area contributed by atoms with Crippen molar-refractivity contribution >= 4 is 29.0 Å². The molecule has 1 saturated carbocycles. The third-order valence-electron chi connectivity index (χ3n) is 8.17. The molecule has 0 aliphatic heterocycles. The number of carbonyl (C=O) groups excluding carboxylic acids is 3. The van der Waals surface area contributed by atoms with Gasteiger partial charge in [0.1, 0.15) is 17.5 Å². The Morgan fingerprint density at radius 2 is 1.43 bits per heavy atom. The predicted molar refractivity (Wildman–Crippen MR) is 166 cm³/mol. The van der Waals surface area contributed by atoms with Gasteiger partial charge in [-0.1, -0.05) is 74.7 Å². The smallest absolute Gasteiger partial charge is 0.235 e. The van der Waals surface area contributed by atoms with Crippen LogP contribution >= 0.6 is 0 Å². The minimum atomic E-state index is -1.68. The maximum atomic E-state index is 14.0. The van der Waals surface area contributed by atoms with Gasteiger partial charge >= 0.3 is 0 Å². The van der Waals surface area contributed by atoms with Crippen molar-refractivity contribution in [2.75, 3.05) is 17.2 Å². The molecule has 7 heteroatoms. The van der Waals surface area contributed by atoms with E-state index in [-0.39, 0.29) is 6.42 Å². The van der Waals surface area contributed by atoms with E-state index in [2.05, 4.69) is 17.6 Å². The molecule has 0 saturated heterocycles. The Kier molecular flexibility index (Phi) is 10.2. The molecule has 1 aliphatic rings. The highest BCUT2D eigenvalue weighted by Gasteiger charge is 2.56. The first-order valence-electron chi connectivity index (χ1n) is 14.8. The fraction of sp³-hybridized carbons (Fsp3) is 0.400. The number of benzene rings is 3. The van der Waals surface area contributed by atoms with Crippen molar-refractivity contribution in [3.05, 3.63) is 89.5 Å². The summed E-state index contributed by atoms with van der Waals surface area (Å²) in [6, 6.07) is 21.9. The maximum absolute atomic E-state index is 14.0. The first-order chi connectivity index (χ1) is 20.1. The largest absolute Gasteiger partial charge is 0.494 e. The lowest BCUT2D eigenvalue weighted by Crippen LogP contribution is -2.56. The second kappa shape index (κ2) is 13.8. The van der Waals surface area contributed by atoms with E-state index in [4.69, 9.17) is 4.74 Å². The summed E-state index contributed by atoms with van der Waals surface area (Å²) in [7, 11) is 0. The number of amides is 2. The quantitative estimate of drug-likeness (QED) is 0.178. The standard InChI is InChI=1S/C35H42N2O5/c1-5-6-7-12-21-42-26-19-17-25(18-20-26)30-31(33(39)36-27-15-10-8-13-23(27)2)29(38)22-35(4,41)32(30)34(40)37-28-16-11-9-14-24(28)3/h8-11,13-20,30-32,41H,5-7,12,21-22H2,1-4H3,(H,36,39)(H,37,40). The first-order valence-corrected chi connectivity index (χ1v) is 14.8. The molecule has 0 bridgehead atoms. The van der Waals surface area contributed by atoms with Gasteiger partial charge in [-0.05, 0) is 68.1 Å². The summed E-state index contributed by atoms with van der Waals surface area (Å²) in [5, 5.41) is 17.5. The van der Waals surface area contributed by atoms with Gasteiger partial charge in [0.15, 0.2) is 0 Å². The van der Waals surface area contributed by atoms with Crippen LogP contribution in [-0.2, 0) is 14.4 Å². The summed E-state index contributed by atoms with van der Waals surface area (Å²) < 4.78 is 5.92. The van der Waals surface area contributed by atoms with Crippen LogP contribution in [0.15, 0.2) is 72.8 Å². The summed E-state index contributed by atoms with van der Waals surface area (Å²) in [4.78, 5) is 41.4. The zero-order chi connectivity index (χ0) is 30.3. The van der Waals surface area contributed by atoms with Gasteiger partial charge in [-0.2, -0.15) is 0 Å². The molecule has 3 aromatic carbocycles. The number of unbranched alkanes of at least 4 members (excludes halogenated alkanes) is 3. The van der Waals surface area contributed by atoms with Gasteiger partial charge in [0.2, 0.25) is 11.8 Å². The van der Waals surface area contributed by atoms with Gasteiger partial charge in [0, 0.05) is 23.7 Å². The van der Waals surface area contributed by atoms with Crippen molar-refractivity contribution in [3.8, 4) is 5.75 Å². The van der Waals surface area contributed by atoms with Gasteiger partial charge in [-0.25, -0.2) is 0 Å². The molecule has 0 spiro atoms. The average Bonchev–Trinajstić information content (AvgIpc) is 2.94. The van der Waals surface area contributed by atoms with E-state index in [1.165, 1.54) is 6.92 Å². The predicted octanol–water partition coefficient (Wildman–Crippen LogP) is 6.58. The Labute approximate surface area is 248 Å². The van der Waals surface area contributed by atoms with Crippen LogP contribution < -0.4 is 15.4 Å². The Morgan fingerprint density at radius 1 is 0.857 bits per heavy atom. The molecular formula is C35H42N2O5. The number of nitrogens with one attached hydrogen (secondary N) is 2. The zero-order valence-electron chi connectivity index (χ0n) is 25.0. The van der Waals surface area contributed by atoms with Crippen molar-refractivity contribution < 1.29 is 24.2 Å². The maximum Gasteiger partial charge on any atom is 0.235 e. The van der Waals surface area contributed by atoms with E-state index in [0.717, 1.165) is 36.8 Å². The molecule has 42 heavy (non-hydrogen) atoms. The van der Waals surface area contributed by atoms with Crippen LogP contribution in [0.25, 0.3) is 0 Å². The third kappa shape index (κ3) is 7.26. The number of carbonyl (C=O) groups is 3. The number of Topliss-reactive ketones (excluding diaryl/α,β-unsaturated/α-hetero) is 1. The van der Waals surface area contributed by atoms with Gasteiger partial charge < -0.3 is 20.5 Å². The molecule has 4 rings (SSSR count). The Morgan fingerprint density at radius 3 is 2.00 bits per heavy atom. The topological polar surface area (TPSA) is 105 Å². The lowest BCUT2D eigenvalue weighted by atomic mass is 9.61. The number of aryl methyl sites for hydroxylation is 2. The normalized spacial score (nSPS) is 21.9. The van der Waals surface area contributed by atoms with E-state index in [9.17, 15) is 19.5 Å². The Bertz CT molecular complexity index is 1400. The van der Waals surface area contributed by atoms with E-state index >= 15 is 0 Å². The molecule has 4 atom stereocenters. The molecule has 4 unspecified atom stereocenters. The molecule has 0 aromatic heterocycles. The molecule has 2 amide bonds. The number of ketones is 1. The van der Waals surface area contributed by atoms with E-state index < -0.39 is 41.0 Å². The Hall–Kier alpha value is -3.97. The first kappa shape index (κ1) is 31.0. The highest BCUT2D eigenvalue weighted by molar-refractivity contribution is 6.10. The van der Waals surface area contributed by atoms with Crippen molar-refractivity contribution in [2.45, 2.75) is 71.3 Å². The van der Waals surface area contributed by atoms with E-state index in [1.807, 2.05) is 50.2 Å². The number of hydrogen-bond donors (Lipinski definition) is 3. The van der Waals surface area contributed by atoms with Gasteiger partial charge in [-0.3, -0.25) is 14.4 Å². The number of rotatable bonds is 11. The molecular weight excluding hydrogens is 528 g/mol. The number of aliphatic hydroxyl groups is 1. The minimum absolute atomic E-state index is 0.319. The lowest BCUT2D eigenvalue weighted by molar-refractivity contribution is -0.150. The van der Waals surface area contributed by atoms with E-state index in [0.29, 0.717) is 29.3 Å². The number of ether oxygens (including phenoxy) is 1. The highest BCUT2D eigenvalue weighted by atomic mass is 16.5. The van der Waals surface area contributed by atoms with Crippen LogP contribution in [0.2, 0.25) is 0 Å². The van der Waals surface area contributed by atoms with Crippen LogP contribution in [0.5, 0.6) is 5.75 Å². The van der Waals surface area contributed by atoms with E-state index in [1.54, 1.807) is 36.4 Å². The summed E-state index contributed by atoms with van der Waals surface area (Å²) >= 11 is 0. The SMILES string of the molecule is CCCCCCOc1ccc(C2C(C(=O)Nc3ccccc3C)C(=O)CC(C)(O)C2C(=O)Nc2ccccc2C)cc1. The second-order valence-corrected chi connectivity index (χ2v) is 11.6. The van der Waals surface area contributed by atoms with Crippen molar-refractivity contribution in [2.24, 2.45) is 11.8 Å². The van der Waals surface area contributed by atoms with Gasteiger partial charge in [0.25, 0.3) is 0 Å². The van der Waals surface area contributed by atoms with Crippen molar-refractivity contribution in [3.63, 3.8) is 0 Å². The van der Waals surface area contributed by atoms with Gasteiger partial charge in [-0.15, -0.1) is 0 Å². The second-order valence-electron chi connectivity index (χ2n) is 11.6. The van der Waals surface area contributed by atoms with Crippen molar-refractivity contribution in [1.82, 2.24) is 0 Å². The molecule has 1 aliphatic carbocycles. The van der Waals surface area contributed by atoms with Crippen LogP contribution in [0, 0.1) is 25.7 Å². The van der Waals surface area contributed by atoms with Crippen LogP contribution in [-0.4, -0.2) is 34.9 Å². The molecule has 1 fully saturated rings. The minimum Gasteiger partial charge on any atom is -0.494 e. The van der Waals surface area contributed by atoms with Crippen LogP contribution in [0.3, 0.4) is 0 Å². The van der Waals surface area contributed by atoms with Crippen LogP contribution in [0.4, 0.5) is 11.4 Å². The fourth-order valence-electron chi connectivity index (χ4n) is 5.84. The number of hydrogen-bond acceptors (Lipinski definition) is 5. The average molecular weight is 571 g/mol. The summed E-state index contributed by atoms with van der Waals surface area (Å²) in [5.41, 5.74) is 1.86. The Balaban J connectivity index is 1.70. The lowest BCUT2D eigenvalue weighted by Gasteiger charge is -2.44. The molecule has 222 valence electrons. The van der Waals surface area contributed by atoms with Crippen LogP contribution in [0.1, 0.15) is 68.6 Å². The number of para-hydroxylation sites is 2. The molecule has 3 aromatic rings. The molecule has 0 heterocycles. The monoisotopic (exact) mass is 570 g/mol. The molecule has 3 N–H and O–H groups in total. The third-order valence-corrected chi connectivity index (χ3v) is 8.17. The summed E-state index contributed by atoms with van der Waals surface area (Å²) in [6.07, 6.45) is 4.05. The number of anilines is 2. The van der Waals surface area contributed by atoms with Gasteiger partial charge in [0.05, 0.1) is 18.1 Å². The molecule has 7 nitrogen and oxygen atoms in total. The summed E-state index contributed by atoms with van der Waals surface area (Å²) in [6.45, 7) is 8.02. The summed E-state index contributed by atoms with van der Waals surface area (Å²) in [5.74, 6) is -3.86. The van der Waals surface area contributed by atoms with Crippen molar-refractivity contribution in [1.29, 1.82) is 0 Å². The molecule has 0 radical (unpaired) electrons. The highest BCUT2D eigenvalue weighted by Crippen LogP contribution is 2.47. The fourth-order valence-corrected chi connectivity index (χ4v) is 5.84.